The zero-order valence-corrected chi connectivity index (χ0v) is 11.9. The van der Waals surface area contributed by atoms with Crippen molar-refractivity contribution in [3.8, 4) is 5.75 Å². The molecule has 1 aromatic carbocycles. The molecule has 0 aliphatic rings. The number of carboxylic acids is 1. The van der Waals surface area contributed by atoms with Gasteiger partial charge >= 0.3 is 5.97 Å². The number of ether oxygens (including phenoxy) is 1. The van der Waals surface area contributed by atoms with Crippen LogP contribution in [0, 0.1) is 0 Å². The summed E-state index contributed by atoms with van der Waals surface area (Å²) in [6.07, 6.45) is 1.30. The fourth-order valence-corrected chi connectivity index (χ4v) is 1.84. The number of rotatable bonds is 6. The van der Waals surface area contributed by atoms with Crippen molar-refractivity contribution >= 4 is 17.6 Å². The first kappa shape index (κ1) is 16.0. The van der Waals surface area contributed by atoms with Gasteiger partial charge in [-0.3, -0.25) is 4.79 Å². The second-order valence-electron chi connectivity index (χ2n) is 4.84. The van der Waals surface area contributed by atoms with Gasteiger partial charge < -0.3 is 20.9 Å². The zero-order valence-electron chi connectivity index (χ0n) is 11.9. The van der Waals surface area contributed by atoms with Crippen LogP contribution in [0.3, 0.4) is 0 Å². The number of nitrogens with two attached hydrogens (primary N) is 1. The van der Waals surface area contributed by atoms with E-state index in [1.807, 2.05) is 6.92 Å². The predicted octanol–water partition coefficient (Wildman–Crippen LogP) is 1.85. The maximum Gasteiger partial charge on any atom is 0.335 e. The predicted molar refractivity (Wildman–Crippen MR) is 76.1 cm³/mol. The number of carboxylic acid groups (broad SMARTS) is 1. The minimum Gasteiger partial charge on any atom is -0.495 e. The first-order valence-electron chi connectivity index (χ1n) is 6.33. The summed E-state index contributed by atoms with van der Waals surface area (Å²) in [5.74, 6) is -1.07. The Kier molecular flexibility index (Phi) is 5.10. The van der Waals surface area contributed by atoms with Crippen LogP contribution in [0.5, 0.6) is 5.75 Å². The Labute approximate surface area is 117 Å². The van der Waals surface area contributed by atoms with Gasteiger partial charge in [0.1, 0.15) is 5.75 Å². The molecule has 0 saturated heterocycles. The molecule has 0 radical (unpaired) electrons. The van der Waals surface area contributed by atoms with Crippen LogP contribution in [-0.4, -0.2) is 29.6 Å². The van der Waals surface area contributed by atoms with Gasteiger partial charge in [0.05, 0.1) is 23.9 Å². The number of hydrogen-bond donors (Lipinski definition) is 3. The summed E-state index contributed by atoms with van der Waals surface area (Å²) in [4.78, 5) is 23.1. The Balaban J connectivity index is 3.04. The summed E-state index contributed by atoms with van der Waals surface area (Å²) >= 11 is 0. The molecule has 0 aliphatic carbocycles. The molecule has 0 aliphatic heterocycles. The normalized spacial score (nSPS) is 13.4. The lowest BCUT2D eigenvalue weighted by Crippen LogP contribution is -2.48. The Bertz CT molecular complexity index is 512. The van der Waals surface area contributed by atoms with Crippen molar-refractivity contribution in [3.63, 3.8) is 0 Å². The molecule has 6 heteroatoms. The van der Waals surface area contributed by atoms with E-state index in [0.29, 0.717) is 17.9 Å². The third-order valence-corrected chi connectivity index (χ3v) is 2.98. The highest BCUT2D eigenvalue weighted by atomic mass is 16.5. The van der Waals surface area contributed by atoms with Crippen LogP contribution in [0.25, 0.3) is 0 Å². The Morgan fingerprint density at radius 1 is 1.45 bits per heavy atom. The van der Waals surface area contributed by atoms with Crippen LogP contribution < -0.4 is 15.8 Å². The monoisotopic (exact) mass is 280 g/mol. The number of anilines is 1. The van der Waals surface area contributed by atoms with Crippen molar-refractivity contribution in [2.75, 3.05) is 12.4 Å². The van der Waals surface area contributed by atoms with E-state index < -0.39 is 11.5 Å². The second kappa shape index (κ2) is 6.38. The Hall–Kier alpha value is -2.08. The van der Waals surface area contributed by atoms with E-state index in [0.717, 1.165) is 6.42 Å². The molecule has 1 aromatic rings. The average Bonchev–Trinajstić information content (AvgIpc) is 2.38. The largest absolute Gasteiger partial charge is 0.495 e. The van der Waals surface area contributed by atoms with Gasteiger partial charge in [0, 0.05) is 0 Å². The minimum absolute atomic E-state index is 0.0651. The van der Waals surface area contributed by atoms with Gasteiger partial charge in [0.2, 0.25) is 5.91 Å². The van der Waals surface area contributed by atoms with Crippen molar-refractivity contribution in [2.24, 2.45) is 5.73 Å². The number of carbonyl (C=O) groups is 2. The molecule has 110 valence electrons. The molecule has 0 heterocycles. The lowest BCUT2D eigenvalue weighted by Gasteiger charge is -2.23. The van der Waals surface area contributed by atoms with Crippen molar-refractivity contribution in [1.29, 1.82) is 0 Å². The van der Waals surface area contributed by atoms with Crippen LogP contribution in [0.15, 0.2) is 18.2 Å². The first-order valence-corrected chi connectivity index (χ1v) is 6.33. The smallest absolute Gasteiger partial charge is 0.335 e. The summed E-state index contributed by atoms with van der Waals surface area (Å²) in [6, 6.07) is 4.25. The standard InChI is InChI=1S/C14H20N2O4/c1-4-7-14(2,15)13(19)16-10-8-9(12(17)18)5-6-11(10)20-3/h5-6,8H,4,7,15H2,1-3H3,(H,16,19)(H,17,18). The molecule has 1 rings (SSSR count). The lowest BCUT2D eigenvalue weighted by atomic mass is 9.96. The molecule has 20 heavy (non-hydrogen) atoms. The highest BCUT2D eigenvalue weighted by molar-refractivity contribution is 6.00. The van der Waals surface area contributed by atoms with Gasteiger partial charge in [-0.05, 0) is 31.5 Å². The number of aromatic carboxylic acids is 1. The van der Waals surface area contributed by atoms with Crippen LogP contribution in [0.1, 0.15) is 37.0 Å². The van der Waals surface area contributed by atoms with Gasteiger partial charge in [-0.15, -0.1) is 0 Å². The highest BCUT2D eigenvalue weighted by Crippen LogP contribution is 2.26. The Morgan fingerprint density at radius 2 is 2.10 bits per heavy atom. The van der Waals surface area contributed by atoms with E-state index in [1.54, 1.807) is 6.92 Å². The molecule has 0 saturated carbocycles. The molecule has 4 N–H and O–H groups in total. The maximum atomic E-state index is 12.1. The van der Waals surface area contributed by atoms with Crippen molar-refractivity contribution < 1.29 is 19.4 Å². The fraction of sp³-hybridized carbons (Fsp3) is 0.429. The third-order valence-electron chi connectivity index (χ3n) is 2.98. The molecule has 1 atom stereocenters. The van der Waals surface area contributed by atoms with Gasteiger partial charge in [0.25, 0.3) is 0 Å². The van der Waals surface area contributed by atoms with E-state index in [1.165, 1.54) is 25.3 Å². The summed E-state index contributed by atoms with van der Waals surface area (Å²) < 4.78 is 5.11. The first-order chi connectivity index (χ1) is 9.31. The van der Waals surface area contributed by atoms with E-state index in [4.69, 9.17) is 15.6 Å². The number of hydrogen-bond acceptors (Lipinski definition) is 4. The quantitative estimate of drug-likeness (QED) is 0.738. The number of carbonyl (C=O) groups excluding carboxylic acids is 1. The molecule has 0 spiro atoms. The van der Waals surface area contributed by atoms with Crippen molar-refractivity contribution in [2.45, 2.75) is 32.2 Å². The lowest BCUT2D eigenvalue weighted by molar-refractivity contribution is -0.120. The minimum atomic E-state index is -1.08. The summed E-state index contributed by atoms with van der Waals surface area (Å²) in [7, 11) is 1.44. The van der Waals surface area contributed by atoms with Gasteiger partial charge in [0.15, 0.2) is 0 Å². The molecule has 0 fully saturated rings. The summed E-state index contributed by atoms with van der Waals surface area (Å²) in [6.45, 7) is 3.57. The Morgan fingerprint density at radius 3 is 2.60 bits per heavy atom. The molecule has 6 nitrogen and oxygen atoms in total. The zero-order chi connectivity index (χ0) is 15.3. The van der Waals surface area contributed by atoms with Gasteiger partial charge in [-0.1, -0.05) is 13.3 Å². The molecule has 0 aromatic heterocycles. The van der Waals surface area contributed by atoms with Crippen LogP contribution >= 0.6 is 0 Å². The number of methoxy groups -OCH3 is 1. The van der Waals surface area contributed by atoms with Crippen molar-refractivity contribution in [1.82, 2.24) is 0 Å². The number of nitrogens with one attached hydrogen (secondary N) is 1. The number of benzene rings is 1. The van der Waals surface area contributed by atoms with E-state index in [-0.39, 0.29) is 11.5 Å². The van der Waals surface area contributed by atoms with Crippen LogP contribution in [-0.2, 0) is 4.79 Å². The molecular weight excluding hydrogens is 260 g/mol. The second-order valence-corrected chi connectivity index (χ2v) is 4.84. The molecule has 1 amide bonds. The number of amides is 1. The molecule has 1 unspecified atom stereocenters. The van der Waals surface area contributed by atoms with E-state index in [9.17, 15) is 9.59 Å². The van der Waals surface area contributed by atoms with Gasteiger partial charge in [-0.2, -0.15) is 0 Å². The SMILES string of the molecule is CCCC(C)(N)C(=O)Nc1cc(C(=O)O)ccc1OC. The average molecular weight is 280 g/mol. The maximum absolute atomic E-state index is 12.1. The topological polar surface area (TPSA) is 102 Å². The fourth-order valence-electron chi connectivity index (χ4n) is 1.84. The van der Waals surface area contributed by atoms with E-state index >= 15 is 0 Å². The molecular formula is C14H20N2O4. The van der Waals surface area contributed by atoms with Gasteiger partial charge in [-0.25, -0.2) is 4.79 Å². The molecule has 0 bridgehead atoms. The summed E-state index contributed by atoms with van der Waals surface area (Å²) in [5.41, 5.74) is 5.29. The third kappa shape index (κ3) is 3.71. The van der Waals surface area contributed by atoms with Crippen LogP contribution in [0.2, 0.25) is 0 Å². The van der Waals surface area contributed by atoms with Crippen LogP contribution in [0.4, 0.5) is 5.69 Å². The van der Waals surface area contributed by atoms with Crippen molar-refractivity contribution in [3.05, 3.63) is 23.8 Å². The summed E-state index contributed by atoms with van der Waals surface area (Å²) in [5, 5.41) is 11.6. The van der Waals surface area contributed by atoms with E-state index in [2.05, 4.69) is 5.32 Å². The highest BCUT2D eigenvalue weighted by Gasteiger charge is 2.28.